The zero-order valence-corrected chi connectivity index (χ0v) is 9.89. The lowest BCUT2D eigenvalue weighted by molar-refractivity contribution is 0.230. The van der Waals surface area contributed by atoms with E-state index >= 15 is 0 Å². The van der Waals surface area contributed by atoms with Crippen LogP contribution < -0.4 is 0 Å². The topological polar surface area (TPSA) is 3.24 Å². The standard InChI is InChI=1S/C13H25N/c1-12(2)8-5-4-6-9-13(3)14-10-7-11-14/h12H,3-11H2,1-2H3. The maximum absolute atomic E-state index is 4.14. The van der Waals surface area contributed by atoms with Crippen LogP contribution in [0.5, 0.6) is 0 Å². The second kappa shape index (κ2) is 6.10. The first kappa shape index (κ1) is 11.6. The highest BCUT2D eigenvalue weighted by atomic mass is 15.2. The van der Waals surface area contributed by atoms with Crippen molar-refractivity contribution in [2.75, 3.05) is 13.1 Å². The lowest BCUT2D eigenvalue weighted by atomic mass is 10.0. The van der Waals surface area contributed by atoms with Gasteiger partial charge in [0.25, 0.3) is 0 Å². The first-order valence-corrected chi connectivity index (χ1v) is 6.13. The van der Waals surface area contributed by atoms with Gasteiger partial charge in [-0.25, -0.2) is 0 Å². The highest BCUT2D eigenvalue weighted by Crippen LogP contribution is 2.19. The average molecular weight is 195 g/mol. The van der Waals surface area contributed by atoms with Crippen LogP contribution in [0.2, 0.25) is 0 Å². The van der Waals surface area contributed by atoms with Gasteiger partial charge in [-0.05, 0) is 25.2 Å². The lowest BCUT2D eigenvalue weighted by Crippen LogP contribution is -2.35. The molecule has 0 saturated carbocycles. The van der Waals surface area contributed by atoms with Crippen molar-refractivity contribution in [1.82, 2.24) is 4.90 Å². The van der Waals surface area contributed by atoms with E-state index in [4.69, 9.17) is 0 Å². The summed E-state index contributed by atoms with van der Waals surface area (Å²) >= 11 is 0. The molecule has 0 amide bonds. The van der Waals surface area contributed by atoms with Crippen molar-refractivity contribution in [1.29, 1.82) is 0 Å². The van der Waals surface area contributed by atoms with E-state index in [1.165, 1.54) is 57.3 Å². The van der Waals surface area contributed by atoms with Crippen molar-refractivity contribution in [3.05, 3.63) is 12.3 Å². The largest absolute Gasteiger partial charge is 0.375 e. The molecule has 1 aliphatic heterocycles. The molecule has 1 aliphatic rings. The van der Waals surface area contributed by atoms with Crippen LogP contribution in [-0.4, -0.2) is 18.0 Å². The number of rotatable bonds is 7. The van der Waals surface area contributed by atoms with Crippen LogP contribution in [0, 0.1) is 5.92 Å². The van der Waals surface area contributed by atoms with Gasteiger partial charge in [-0.15, -0.1) is 0 Å². The van der Waals surface area contributed by atoms with E-state index in [0.29, 0.717) is 0 Å². The van der Waals surface area contributed by atoms with E-state index in [-0.39, 0.29) is 0 Å². The van der Waals surface area contributed by atoms with Gasteiger partial charge in [0.05, 0.1) is 0 Å². The molecule has 0 radical (unpaired) electrons. The highest BCUT2D eigenvalue weighted by molar-refractivity contribution is 4.97. The molecule has 1 rings (SSSR count). The number of allylic oxidation sites excluding steroid dienone is 1. The fourth-order valence-electron chi connectivity index (χ4n) is 1.85. The van der Waals surface area contributed by atoms with Gasteiger partial charge in [-0.3, -0.25) is 0 Å². The fraction of sp³-hybridized carbons (Fsp3) is 0.846. The van der Waals surface area contributed by atoms with Crippen molar-refractivity contribution < 1.29 is 0 Å². The normalized spacial score (nSPS) is 15.8. The summed E-state index contributed by atoms with van der Waals surface area (Å²) in [5.41, 5.74) is 1.38. The Hall–Kier alpha value is -0.460. The van der Waals surface area contributed by atoms with Gasteiger partial charge in [0.1, 0.15) is 0 Å². The minimum absolute atomic E-state index is 0.869. The summed E-state index contributed by atoms with van der Waals surface area (Å²) in [6.45, 7) is 11.3. The molecule has 0 unspecified atom stereocenters. The molecule has 1 nitrogen and oxygen atoms in total. The Balaban J connectivity index is 1.90. The Labute approximate surface area is 89.2 Å². The number of unbranched alkanes of at least 4 members (excludes halogenated alkanes) is 2. The van der Waals surface area contributed by atoms with Gasteiger partial charge in [0.2, 0.25) is 0 Å². The molecule has 14 heavy (non-hydrogen) atoms. The Kier molecular flexibility index (Phi) is 5.06. The van der Waals surface area contributed by atoms with Gasteiger partial charge < -0.3 is 4.90 Å². The molecule has 0 bridgehead atoms. The van der Waals surface area contributed by atoms with Crippen LogP contribution in [0.1, 0.15) is 52.4 Å². The van der Waals surface area contributed by atoms with Gasteiger partial charge in [-0.2, -0.15) is 0 Å². The van der Waals surface area contributed by atoms with Gasteiger partial charge in [-0.1, -0.05) is 39.7 Å². The molecule has 0 aliphatic carbocycles. The average Bonchev–Trinajstić information content (AvgIpc) is 1.99. The molecule has 0 spiro atoms. The summed E-state index contributed by atoms with van der Waals surface area (Å²) in [6.07, 6.45) is 8.08. The van der Waals surface area contributed by atoms with Crippen LogP contribution in [0.4, 0.5) is 0 Å². The second-order valence-corrected chi connectivity index (χ2v) is 4.90. The number of hydrogen-bond acceptors (Lipinski definition) is 1. The van der Waals surface area contributed by atoms with Crippen LogP contribution in [0.15, 0.2) is 12.3 Å². The van der Waals surface area contributed by atoms with Crippen LogP contribution in [0.25, 0.3) is 0 Å². The minimum Gasteiger partial charge on any atom is -0.375 e. The van der Waals surface area contributed by atoms with Gasteiger partial charge >= 0.3 is 0 Å². The molecule has 1 fully saturated rings. The number of hydrogen-bond donors (Lipinski definition) is 0. The quantitative estimate of drug-likeness (QED) is 0.558. The van der Waals surface area contributed by atoms with E-state index in [9.17, 15) is 0 Å². The predicted octanol–water partition coefficient (Wildman–Crippen LogP) is 3.81. The maximum Gasteiger partial charge on any atom is 0.0191 e. The van der Waals surface area contributed by atoms with E-state index < -0.39 is 0 Å². The number of nitrogens with zero attached hydrogens (tertiary/aromatic N) is 1. The summed E-state index contributed by atoms with van der Waals surface area (Å²) in [7, 11) is 0. The summed E-state index contributed by atoms with van der Waals surface area (Å²) in [4.78, 5) is 2.42. The maximum atomic E-state index is 4.14. The van der Waals surface area contributed by atoms with E-state index in [1.807, 2.05) is 0 Å². The van der Waals surface area contributed by atoms with Crippen LogP contribution >= 0.6 is 0 Å². The molecule has 0 N–H and O–H groups in total. The van der Waals surface area contributed by atoms with Crippen molar-refractivity contribution in [3.63, 3.8) is 0 Å². The molecular weight excluding hydrogens is 170 g/mol. The fourth-order valence-corrected chi connectivity index (χ4v) is 1.85. The van der Waals surface area contributed by atoms with Crippen molar-refractivity contribution in [2.45, 2.75) is 52.4 Å². The molecule has 1 heterocycles. The SMILES string of the molecule is C=C(CCCCCC(C)C)N1CCC1. The molecule has 0 aromatic heterocycles. The third kappa shape index (κ3) is 4.17. The van der Waals surface area contributed by atoms with Crippen LogP contribution in [0.3, 0.4) is 0 Å². The third-order valence-corrected chi connectivity index (χ3v) is 3.05. The molecule has 1 heteroatoms. The molecule has 0 aromatic carbocycles. The Morgan fingerprint density at radius 1 is 1.21 bits per heavy atom. The van der Waals surface area contributed by atoms with Crippen molar-refractivity contribution >= 4 is 0 Å². The Morgan fingerprint density at radius 3 is 2.43 bits per heavy atom. The molecule has 82 valence electrons. The summed E-state index contributed by atoms with van der Waals surface area (Å²) in [5.74, 6) is 0.869. The first-order valence-electron chi connectivity index (χ1n) is 6.13. The second-order valence-electron chi connectivity index (χ2n) is 4.90. The summed E-state index contributed by atoms with van der Waals surface area (Å²) < 4.78 is 0. The van der Waals surface area contributed by atoms with Crippen molar-refractivity contribution in [3.8, 4) is 0 Å². The number of likely N-dealkylation sites (tertiary alicyclic amines) is 1. The molecule has 0 aromatic rings. The molecule has 1 saturated heterocycles. The van der Waals surface area contributed by atoms with Gasteiger partial charge in [0.15, 0.2) is 0 Å². The third-order valence-electron chi connectivity index (χ3n) is 3.05. The van der Waals surface area contributed by atoms with Crippen LogP contribution in [-0.2, 0) is 0 Å². The molecular formula is C13H25N. The Bertz CT molecular complexity index is 168. The lowest BCUT2D eigenvalue weighted by Gasteiger charge is -2.34. The highest BCUT2D eigenvalue weighted by Gasteiger charge is 2.14. The van der Waals surface area contributed by atoms with E-state index in [1.54, 1.807) is 0 Å². The smallest absolute Gasteiger partial charge is 0.0191 e. The zero-order valence-electron chi connectivity index (χ0n) is 9.89. The summed E-state index contributed by atoms with van der Waals surface area (Å²) in [5, 5.41) is 0. The van der Waals surface area contributed by atoms with E-state index in [0.717, 1.165) is 5.92 Å². The summed E-state index contributed by atoms with van der Waals surface area (Å²) in [6, 6.07) is 0. The predicted molar refractivity (Wildman–Crippen MR) is 63.3 cm³/mol. The minimum atomic E-state index is 0.869. The first-order chi connectivity index (χ1) is 6.70. The molecule has 0 atom stereocenters. The zero-order chi connectivity index (χ0) is 10.4. The monoisotopic (exact) mass is 195 g/mol. The van der Waals surface area contributed by atoms with Gasteiger partial charge in [0, 0.05) is 18.8 Å². The van der Waals surface area contributed by atoms with Crippen molar-refractivity contribution in [2.24, 2.45) is 5.92 Å². The Morgan fingerprint density at radius 2 is 1.93 bits per heavy atom. The van der Waals surface area contributed by atoms with E-state index in [2.05, 4.69) is 25.3 Å².